The molecule has 0 saturated heterocycles. The van der Waals surface area contributed by atoms with Crippen molar-refractivity contribution in [1.29, 1.82) is 0 Å². The topological polar surface area (TPSA) is 37.3 Å². The van der Waals surface area contributed by atoms with Crippen LogP contribution in [0.1, 0.15) is 65.2 Å². The molecule has 0 aliphatic heterocycles. The molecule has 1 unspecified atom stereocenters. The summed E-state index contributed by atoms with van der Waals surface area (Å²) in [6.07, 6.45) is 11.4. The maximum atomic E-state index is 12.0. The summed E-state index contributed by atoms with van der Waals surface area (Å²) in [5.41, 5.74) is 2.96. The summed E-state index contributed by atoms with van der Waals surface area (Å²) >= 11 is 0. The first-order chi connectivity index (χ1) is 10.3. The Bertz CT molecular complexity index is 589. The van der Waals surface area contributed by atoms with Gasteiger partial charge >= 0.3 is 5.97 Å². The third-order valence-electron chi connectivity index (χ3n) is 7.90. The highest BCUT2D eigenvalue weighted by Gasteiger charge is 2.62. The van der Waals surface area contributed by atoms with E-state index in [1.807, 2.05) is 6.92 Å². The summed E-state index contributed by atoms with van der Waals surface area (Å²) in [4.78, 5) is 12.0. The van der Waals surface area contributed by atoms with E-state index >= 15 is 0 Å². The number of carbonyl (C=O) groups is 1. The van der Waals surface area contributed by atoms with E-state index in [1.54, 1.807) is 5.57 Å². The molecule has 0 heterocycles. The van der Waals surface area contributed by atoms with Gasteiger partial charge in [0.15, 0.2) is 0 Å². The highest BCUT2D eigenvalue weighted by Crippen LogP contribution is 2.70. The number of hydrogen-bond donors (Lipinski definition) is 1. The van der Waals surface area contributed by atoms with E-state index in [0.29, 0.717) is 17.3 Å². The molecule has 0 amide bonds. The van der Waals surface area contributed by atoms with E-state index in [2.05, 4.69) is 19.6 Å². The Morgan fingerprint density at radius 1 is 1.32 bits per heavy atom. The fourth-order valence-electron chi connectivity index (χ4n) is 6.87. The molecular weight excluding hydrogens is 272 g/mol. The molecule has 2 nitrogen and oxygen atoms in total. The molecule has 4 rings (SSSR count). The van der Waals surface area contributed by atoms with Crippen molar-refractivity contribution in [3.8, 4) is 0 Å². The monoisotopic (exact) mass is 300 g/mol. The molecule has 4 aliphatic carbocycles. The van der Waals surface area contributed by atoms with E-state index in [0.717, 1.165) is 32.1 Å². The van der Waals surface area contributed by atoms with Crippen LogP contribution >= 0.6 is 0 Å². The van der Waals surface area contributed by atoms with Gasteiger partial charge in [-0.05, 0) is 74.5 Å². The molecule has 22 heavy (non-hydrogen) atoms. The van der Waals surface area contributed by atoms with Crippen molar-refractivity contribution in [1.82, 2.24) is 0 Å². The number of carboxylic acid groups (broad SMARTS) is 1. The van der Waals surface area contributed by atoms with Gasteiger partial charge in [0.25, 0.3) is 0 Å². The van der Waals surface area contributed by atoms with Gasteiger partial charge in [-0.15, -0.1) is 0 Å². The number of hydrogen-bond acceptors (Lipinski definition) is 1. The number of allylic oxidation sites excluding steroid dienone is 3. The third-order valence-corrected chi connectivity index (χ3v) is 7.90. The molecule has 0 radical (unpaired) electrons. The molecule has 1 N–H and O–H groups in total. The van der Waals surface area contributed by atoms with Crippen LogP contribution in [0.5, 0.6) is 0 Å². The van der Waals surface area contributed by atoms with Crippen molar-refractivity contribution in [2.45, 2.75) is 65.2 Å². The number of aliphatic carboxylic acids is 1. The van der Waals surface area contributed by atoms with E-state index in [9.17, 15) is 9.90 Å². The van der Waals surface area contributed by atoms with Crippen LogP contribution < -0.4 is 0 Å². The SMILES string of the molecule is C=C1C[C@]23CCC4[C@@](C)(C(=O)O)CCC[C@]4(C)C2=CC[C@H]1C3. The lowest BCUT2D eigenvalue weighted by molar-refractivity contribution is -0.161. The summed E-state index contributed by atoms with van der Waals surface area (Å²) in [6, 6.07) is 0. The normalized spacial score (nSPS) is 50.1. The average molecular weight is 300 g/mol. The third kappa shape index (κ3) is 1.59. The van der Waals surface area contributed by atoms with Gasteiger partial charge < -0.3 is 5.11 Å². The lowest BCUT2D eigenvalue weighted by Crippen LogP contribution is -2.54. The molecule has 0 aromatic carbocycles. The average Bonchev–Trinajstić information content (AvgIpc) is 2.68. The van der Waals surface area contributed by atoms with Crippen LogP contribution in [0.25, 0.3) is 0 Å². The second-order valence-corrected chi connectivity index (χ2v) is 8.95. The first-order valence-electron chi connectivity index (χ1n) is 8.94. The maximum absolute atomic E-state index is 12.0. The highest BCUT2D eigenvalue weighted by molar-refractivity contribution is 5.75. The Kier molecular flexibility index (Phi) is 2.82. The quantitative estimate of drug-likeness (QED) is 0.695. The molecule has 3 fully saturated rings. The van der Waals surface area contributed by atoms with Gasteiger partial charge in [0.1, 0.15) is 0 Å². The zero-order valence-electron chi connectivity index (χ0n) is 14.0. The predicted octanol–water partition coefficient (Wildman–Crippen LogP) is 4.96. The van der Waals surface area contributed by atoms with Crippen molar-refractivity contribution in [3.05, 3.63) is 23.8 Å². The molecular formula is C20H28O2. The first-order valence-corrected chi connectivity index (χ1v) is 8.94. The van der Waals surface area contributed by atoms with Crippen molar-refractivity contribution in [2.75, 3.05) is 0 Å². The molecule has 4 aliphatic rings. The Hall–Kier alpha value is -1.05. The fraction of sp³-hybridized carbons (Fsp3) is 0.750. The van der Waals surface area contributed by atoms with Crippen LogP contribution in [0.2, 0.25) is 0 Å². The molecule has 120 valence electrons. The minimum Gasteiger partial charge on any atom is -0.481 e. The van der Waals surface area contributed by atoms with E-state index in [4.69, 9.17) is 0 Å². The van der Waals surface area contributed by atoms with Gasteiger partial charge in [-0.25, -0.2) is 0 Å². The Labute approximate surface area is 133 Å². The van der Waals surface area contributed by atoms with Gasteiger partial charge in [-0.3, -0.25) is 4.79 Å². The van der Waals surface area contributed by atoms with Crippen molar-refractivity contribution in [3.63, 3.8) is 0 Å². The van der Waals surface area contributed by atoms with Crippen LogP contribution in [-0.4, -0.2) is 11.1 Å². The summed E-state index contributed by atoms with van der Waals surface area (Å²) in [5.74, 6) is 0.413. The van der Waals surface area contributed by atoms with Gasteiger partial charge in [0, 0.05) is 0 Å². The van der Waals surface area contributed by atoms with Crippen LogP contribution in [0.3, 0.4) is 0 Å². The number of rotatable bonds is 1. The summed E-state index contributed by atoms with van der Waals surface area (Å²) in [7, 11) is 0. The standard InChI is InChI=1S/C20H28O2/c1-13-11-20-10-7-15-18(2,16(20)6-5-14(13)12-20)8-4-9-19(15,3)17(21)22/h6,14-15H,1,4-5,7-12H2,2-3H3,(H,21,22)/t14-,15?,18-,19-,20-/m0/s1. The van der Waals surface area contributed by atoms with Crippen molar-refractivity contribution in [2.24, 2.45) is 28.1 Å². The summed E-state index contributed by atoms with van der Waals surface area (Å²) in [5, 5.41) is 9.89. The predicted molar refractivity (Wildman–Crippen MR) is 87.4 cm³/mol. The second kappa shape index (κ2) is 4.27. The Balaban J connectivity index is 1.80. The lowest BCUT2D eigenvalue weighted by Gasteiger charge is -2.60. The molecule has 3 saturated carbocycles. The van der Waals surface area contributed by atoms with E-state index in [1.165, 1.54) is 24.8 Å². The van der Waals surface area contributed by atoms with Crippen LogP contribution in [-0.2, 0) is 4.79 Å². The molecule has 0 aromatic rings. The lowest BCUT2D eigenvalue weighted by atomic mass is 9.44. The smallest absolute Gasteiger partial charge is 0.309 e. The summed E-state index contributed by atoms with van der Waals surface area (Å²) in [6.45, 7) is 8.73. The maximum Gasteiger partial charge on any atom is 0.309 e. The molecule has 2 bridgehead atoms. The second-order valence-electron chi connectivity index (χ2n) is 8.95. The number of carboxylic acids is 1. The first kappa shape index (κ1) is 14.5. The summed E-state index contributed by atoms with van der Waals surface area (Å²) < 4.78 is 0. The van der Waals surface area contributed by atoms with Crippen molar-refractivity contribution < 1.29 is 9.90 Å². The van der Waals surface area contributed by atoms with E-state index < -0.39 is 11.4 Å². The molecule has 1 spiro atoms. The molecule has 0 aromatic heterocycles. The van der Waals surface area contributed by atoms with Gasteiger partial charge in [-0.2, -0.15) is 0 Å². The fourth-order valence-corrected chi connectivity index (χ4v) is 6.87. The zero-order chi connectivity index (χ0) is 15.8. The van der Waals surface area contributed by atoms with Gasteiger partial charge in [-0.1, -0.05) is 37.1 Å². The minimum atomic E-state index is -0.579. The van der Waals surface area contributed by atoms with E-state index in [-0.39, 0.29) is 5.41 Å². The number of fused-ring (bicyclic) bond motifs is 3. The Morgan fingerprint density at radius 2 is 2.09 bits per heavy atom. The van der Waals surface area contributed by atoms with Crippen LogP contribution in [0.15, 0.2) is 23.8 Å². The van der Waals surface area contributed by atoms with Gasteiger partial charge in [0.05, 0.1) is 5.41 Å². The molecule has 2 heteroatoms. The minimum absolute atomic E-state index is 0.0965. The largest absolute Gasteiger partial charge is 0.481 e. The molecule has 5 atom stereocenters. The highest BCUT2D eigenvalue weighted by atomic mass is 16.4. The van der Waals surface area contributed by atoms with Gasteiger partial charge in [0.2, 0.25) is 0 Å². The zero-order valence-corrected chi connectivity index (χ0v) is 14.0. The Morgan fingerprint density at radius 3 is 2.82 bits per heavy atom. The van der Waals surface area contributed by atoms with Crippen molar-refractivity contribution >= 4 is 5.97 Å². The van der Waals surface area contributed by atoms with Crippen LogP contribution in [0, 0.1) is 28.1 Å². The van der Waals surface area contributed by atoms with Crippen LogP contribution in [0.4, 0.5) is 0 Å².